The largest absolute Gasteiger partial charge is 0.504 e. The van der Waals surface area contributed by atoms with Gasteiger partial charge in [0.05, 0.1) is 11.0 Å². The van der Waals surface area contributed by atoms with E-state index in [9.17, 15) is 24.6 Å². The van der Waals surface area contributed by atoms with Gasteiger partial charge in [-0.1, -0.05) is 6.07 Å². The fourth-order valence-electron chi connectivity index (χ4n) is 7.92. The number of guanidine groups is 1. The van der Waals surface area contributed by atoms with Crippen LogP contribution in [0.2, 0.25) is 0 Å². The van der Waals surface area contributed by atoms with Gasteiger partial charge < -0.3 is 46.7 Å². The molecule has 3 amide bonds. The third-order valence-corrected chi connectivity index (χ3v) is 10.3. The Hall–Kier alpha value is -4.04. The minimum atomic E-state index is -1.14. The third-order valence-electron chi connectivity index (χ3n) is 10.3. The molecule has 2 bridgehead atoms. The third kappa shape index (κ3) is 5.61. The number of likely N-dealkylation sites (N-methyl/N-ethyl adjacent to an activating group) is 1. The van der Waals surface area contributed by atoms with E-state index >= 15 is 0 Å². The molecule has 14 nitrogen and oxygen atoms in total. The molecule has 0 radical (unpaired) electrons. The van der Waals surface area contributed by atoms with Gasteiger partial charge in [-0.05, 0) is 68.7 Å². The fraction of sp³-hybridized carbons (Fsp3) is 0.625. The van der Waals surface area contributed by atoms with Crippen LogP contribution >= 0.6 is 0 Å². The summed E-state index contributed by atoms with van der Waals surface area (Å²) < 4.78 is 12.4. The Morgan fingerprint density at radius 3 is 2.78 bits per heavy atom. The van der Waals surface area contributed by atoms with E-state index in [1.807, 2.05) is 6.07 Å². The molecule has 1 spiro atoms. The first kappa shape index (κ1) is 31.9. The Labute approximate surface area is 268 Å². The van der Waals surface area contributed by atoms with Crippen molar-refractivity contribution < 1.29 is 34.1 Å². The normalized spacial score (nSPS) is 27.8. The van der Waals surface area contributed by atoms with Crippen LogP contribution in [0.4, 0.5) is 4.79 Å². The van der Waals surface area contributed by atoms with Gasteiger partial charge in [-0.25, -0.2) is 4.79 Å². The standard InChI is InChI=1S/C32H45N7O7/c1-18(40)37-21(4-3-12-36-29(33)34)28(42)35-13-15-38(2)30(43)45-23-9-10-32(44)24-16-20-7-8-22(41)26-25(20)31(32,27(23)46-26)11-14-39(24)17-19-5-6-19/h7-9,19,21,24,27,41,44H,3-6,10-17H2,1-2H3,(H,35,42)(H,37,40)(H4,33,34,36)/t21-,24?,27+,31+,32-/m1/s1. The predicted molar refractivity (Wildman–Crippen MR) is 168 cm³/mol. The van der Waals surface area contributed by atoms with E-state index in [2.05, 4.69) is 20.5 Å². The van der Waals surface area contributed by atoms with E-state index in [1.54, 1.807) is 19.2 Å². The molecule has 5 atom stereocenters. The highest BCUT2D eigenvalue weighted by atomic mass is 16.6. The van der Waals surface area contributed by atoms with Crippen molar-refractivity contribution in [3.63, 3.8) is 0 Å². The number of nitrogens with zero attached hydrogens (tertiary/aromatic N) is 3. The van der Waals surface area contributed by atoms with Gasteiger partial charge in [0.1, 0.15) is 11.8 Å². The SMILES string of the molecule is CC(=O)N[C@H](CCCN=C(N)N)C(=O)NCCN(C)C(=O)OC1=CC[C@@]2(O)C3Cc4ccc(O)c5c4[C@@]2(CCN3CC2CC2)[C@H]1O5. The number of piperidine rings is 1. The number of aliphatic imine (C=N–C) groups is 1. The number of phenolic OH excluding ortho intramolecular Hbond substituents is 1. The number of nitrogens with one attached hydrogen (secondary N) is 2. The quantitative estimate of drug-likeness (QED) is 0.104. The minimum absolute atomic E-state index is 0.0103. The van der Waals surface area contributed by atoms with Crippen molar-refractivity contribution in [2.75, 3.05) is 39.8 Å². The Kier molecular flexibility index (Phi) is 8.53. The average Bonchev–Trinajstić information content (AvgIpc) is 3.75. The first-order chi connectivity index (χ1) is 21.9. The Morgan fingerprint density at radius 1 is 1.28 bits per heavy atom. The number of carbonyl (C=O) groups is 3. The molecule has 1 aromatic rings. The van der Waals surface area contributed by atoms with Gasteiger partial charge in [0.15, 0.2) is 23.6 Å². The smallest absolute Gasteiger partial charge is 0.414 e. The van der Waals surface area contributed by atoms with Gasteiger partial charge in [-0.2, -0.15) is 0 Å². The Balaban J connectivity index is 1.12. The number of carbonyl (C=O) groups excluding carboxylic acids is 3. The van der Waals surface area contributed by atoms with E-state index < -0.39 is 29.3 Å². The highest BCUT2D eigenvalue weighted by molar-refractivity contribution is 5.86. The van der Waals surface area contributed by atoms with E-state index in [0.717, 1.165) is 24.2 Å². The molecule has 1 saturated carbocycles. The maximum Gasteiger partial charge on any atom is 0.414 e. The van der Waals surface area contributed by atoms with E-state index in [-0.39, 0.29) is 42.7 Å². The molecule has 5 aliphatic rings. The van der Waals surface area contributed by atoms with Gasteiger partial charge in [0, 0.05) is 58.2 Å². The summed E-state index contributed by atoms with van der Waals surface area (Å²) in [5, 5.41) is 28.8. The zero-order chi connectivity index (χ0) is 32.8. The molecular formula is C32H45N7O7. The molecular weight excluding hydrogens is 594 g/mol. The number of ether oxygens (including phenoxy) is 2. The molecule has 250 valence electrons. The molecule has 3 aliphatic carbocycles. The number of rotatable bonds is 12. The summed E-state index contributed by atoms with van der Waals surface area (Å²) in [6, 6.07) is 2.70. The van der Waals surface area contributed by atoms with Crippen LogP contribution in [-0.2, 0) is 26.2 Å². The molecule has 1 unspecified atom stereocenters. The monoisotopic (exact) mass is 639 g/mol. The Bertz CT molecular complexity index is 1460. The zero-order valence-corrected chi connectivity index (χ0v) is 26.5. The van der Waals surface area contributed by atoms with Crippen LogP contribution in [0.3, 0.4) is 0 Å². The summed E-state index contributed by atoms with van der Waals surface area (Å²) in [6.45, 7) is 3.67. The lowest BCUT2D eigenvalue weighted by Crippen LogP contribution is -2.75. The summed E-state index contributed by atoms with van der Waals surface area (Å²) in [5.74, 6) is 0.590. The average molecular weight is 640 g/mol. The van der Waals surface area contributed by atoms with Gasteiger partial charge in [0.25, 0.3) is 0 Å². The van der Waals surface area contributed by atoms with Crippen molar-refractivity contribution in [3.05, 3.63) is 35.1 Å². The van der Waals surface area contributed by atoms with Crippen molar-refractivity contribution in [1.82, 2.24) is 20.4 Å². The minimum Gasteiger partial charge on any atom is -0.504 e. The highest BCUT2D eigenvalue weighted by Crippen LogP contribution is 2.65. The van der Waals surface area contributed by atoms with Crippen LogP contribution in [0.5, 0.6) is 11.5 Å². The van der Waals surface area contributed by atoms with Gasteiger partial charge in [-0.3, -0.25) is 19.5 Å². The fourth-order valence-corrected chi connectivity index (χ4v) is 7.92. The lowest BCUT2D eigenvalue weighted by Gasteiger charge is -2.62. The van der Waals surface area contributed by atoms with E-state index in [0.29, 0.717) is 56.1 Å². The molecule has 1 saturated heterocycles. The van der Waals surface area contributed by atoms with E-state index in [4.69, 9.17) is 20.9 Å². The first-order valence-electron chi connectivity index (χ1n) is 16.2. The number of likely N-dealkylation sites (tertiary alicyclic amines) is 1. The number of amides is 3. The maximum absolute atomic E-state index is 13.3. The summed E-state index contributed by atoms with van der Waals surface area (Å²) >= 11 is 0. The number of aliphatic hydroxyl groups is 1. The summed E-state index contributed by atoms with van der Waals surface area (Å²) in [6.07, 6.45) is 5.19. The van der Waals surface area contributed by atoms with Gasteiger partial charge >= 0.3 is 6.09 Å². The highest BCUT2D eigenvalue weighted by Gasteiger charge is 2.72. The van der Waals surface area contributed by atoms with Crippen LogP contribution < -0.4 is 26.8 Å². The lowest BCUT2D eigenvalue weighted by atomic mass is 9.50. The number of aromatic hydroxyl groups is 1. The number of hydrogen-bond acceptors (Lipinski definition) is 9. The lowest BCUT2D eigenvalue weighted by molar-refractivity contribution is -0.169. The van der Waals surface area contributed by atoms with Gasteiger partial charge in [-0.15, -0.1) is 0 Å². The number of nitrogens with two attached hydrogens (primary N) is 2. The summed E-state index contributed by atoms with van der Waals surface area (Å²) in [7, 11) is 1.56. The van der Waals surface area contributed by atoms with Crippen molar-refractivity contribution in [2.24, 2.45) is 22.4 Å². The molecule has 2 heterocycles. The summed E-state index contributed by atoms with van der Waals surface area (Å²) in [5.41, 5.74) is 10.6. The molecule has 0 aromatic heterocycles. The number of hydrogen-bond donors (Lipinski definition) is 6. The van der Waals surface area contributed by atoms with Crippen LogP contribution in [-0.4, -0.2) is 107 Å². The molecule has 8 N–H and O–H groups in total. The van der Waals surface area contributed by atoms with Crippen molar-refractivity contribution >= 4 is 23.9 Å². The topological polar surface area (TPSA) is 205 Å². The van der Waals surface area contributed by atoms with Crippen LogP contribution in [0, 0.1) is 5.92 Å². The molecule has 6 rings (SSSR count). The molecule has 14 heteroatoms. The second kappa shape index (κ2) is 12.3. The second-order valence-corrected chi connectivity index (χ2v) is 13.3. The zero-order valence-electron chi connectivity index (χ0n) is 26.5. The molecule has 1 aromatic carbocycles. The number of phenols is 1. The summed E-state index contributed by atoms with van der Waals surface area (Å²) in [4.78, 5) is 45.4. The van der Waals surface area contributed by atoms with Gasteiger partial charge in [0.2, 0.25) is 11.8 Å². The van der Waals surface area contributed by atoms with Crippen molar-refractivity contribution in [2.45, 2.75) is 81.1 Å². The van der Waals surface area contributed by atoms with E-state index in [1.165, 1.54) is 24.7 Å². The molecule has 2 aliphatic heterocycles. The maximum atomic E-state index is 13.3. The van der Waals surface area contributed by atoms with Crippen molar-refractivity contribution in [3.8, 4) is 11.5 Å². The molecule has 2 fully saturated rings. The molecule has 46 heavy (non-hydrogen) atoms. The van der Waals surface area contributed by atoms with Crippen LogP contribution in [0.1, 0.15) is 56.6 Å². The Morgan fingerprint density at radius 2 is 2.07 bits per heavy atom. The predicted octanol–water partition coefficient (Wildman–Crippen LogP) is 0.193. The van der Waals surface area contributed by atoms with Crippen LogP contribution in [0.15, 0.2) is 29.0 Å². The van der Waals surface area contributed by atoms with Crippen LogP contribution in [0.25, 0.3) is 0 Å². The number of benzene rings is 1. The first-order valence-corrected chi connectivity index (χ1v) is 16.2. The second-order valence-electron chi connectivity index (χ2n) is 13.3. The van der Waals surface area contributed by atoms with Crippen molar-refractivity contribution in [1.29, 1.82) is 0 Å².